The van der Waals surface area contributed by atoms with Crippen LogP contribution in [0.5, 0.6) is 0 Å². The van der Waals surface area contributed by atoms with Gasteiger partial charge in [-0.15, -0.1) is 0 Å². The predicted octanol–water partition coefficient (Wildman–Crippen LogP) is 2.60. The van der Waals surface area contributed by atoms with Gasteiger partial charge in [-0.2, -0.15) is 0 Å². The minimum atomic E-state index is -0.451. The number of nitrogen functional groups attached to an aromatic ring is 1. The van der Waals surface area contributed by atoms with E-state index in [-0.39, 0.29) is 23.5 Å². The lowest BCUT2D eigenvalue weighted by atomic mass is 9.97. The highest BCUT2D eigenvalue weighted by atomic mass is 35.5. The number of oxazole rings is 1. The molecule has 0 bridgehead atoms. The third-order valence-corrected chi connectivity index (χ3v) is 5.11. The van der Waals surface area contributed by atoms with E-state index in [1.54, 1.807) is 11.1 Å². The standard InChI is InChI=1S/C20H20ClN5O3/c21-14-5-1-3-12(7-14)8-15-10-23-18(29-15)13-4-2-6-26(11-13)19(28)16-9-17(27)25-20(22)24-16/h1,3,5,7,9-10,13H,2,4,6,8,11H2,(H3,22,24,25,27)/t13-/m1/s1. The molecule has 1 fully saturated rings. The molecule has 1 saturated heterocycles. The molecule has 29 heavy (non-hydrogen) atoms. The predicted molar refractivity (Wildman–Crippen MR) is 108 cm³/mol. The average Bonchev–Trinajstić information content (AvgIpc) is 3.15. The van der Waals surface area contributed by atoms with Crippen LogP contribution < -0.4 is 11.3 Å². The van der Waals surface area contributed by atoms with Crippen molar-refractivity contribution in [2.45, 2.75) is 25.2 Å². The number of likely N-dealkylation sites (tertiary alicyclic amines) is 1. The number of nitrogens with one attached hydrogen (secondary N) is 1. The Labute approximate surface area is 171 Å². The maximum atomic E-state index is 12.8. The van der Waals surface area contributed by atoms with Gasteiger partial charge in [0, 0.05) is 30.6 Å². The number of carbonyl (C=O) groups excluding carboxylic acids is 1. The van der Waals surface area contributed by atoms with Crippen molar-refractivity contribution in [3.8, 4) is 0 Å². The van der Waals surface area contributed by atoms with Gasteiger partial charge in [-0.1, -0.05) is 23.7 Å². The van der Waals surface area contributed by atoms with E-state index in [9.17, 15) is 9.59 Å². The van der Waals surface area contributed by atoms with Crippen LogP contribution in [0, 0.1) is 0 Å². The fraction of sp³-hybridized carbons (Fsp3) is 0.300. The third-order valence-electron chi connectivity index (χ3n) is 4.88. The highest BCUT2D eigenvalue weighted by Gasteiger charge is 2.29. The van der Waals surface area contributed by atoms with E-state index >= 15 is 0 Å². The van der Waals surface area contributed by atoms with E-state index in [0.717, 1.165) is 30.2 Å². The smallest absolute Gasteiger partial charge is 0.272 e. The number of piperidine rings is 1. The zero-order chi connectivity index (χ0) is 20.4. The number of hydrogen-bond acceptors (Lipinski definition) is 6. The Hall–Kier alpha value is -3.13. The van der Waals surface area contributed by atoms with Crippen LogP contribution in [0.4, 0.5) is 5.95 Å². The zero-order valence-electron chi connectivity index (χ0n) is 15.6. The van der Waals surface area contributed by atoms with Crippen molar-refractivity contribution < 1.29 is 9.21 Å². The van der Waals surface area contributed by atoms with Gasteiger partial charge in [-0.05, 0) is 30.5 Å². The Balaban J connectivity index is 1.46. The number of hydrogen-bond donors (Lipinski definition) is 2. The maximum Gasteiger partial charge on any atom is 0.272 e. The van der Waals surface area contributed by atoms with Crippen LogP contribution in [-0.4, -0.2) is 38.8 Å². The Morgan fingerprint density at radius 3 is 3.03 bits per heavy atom. The number of aromatic nitrogens is 3. The van der Waals surface area contributed by atoms with Gasteiger partial charge in [0.1, 0.15) is 11.5 Å². The van der Waals surface area contributed by atoms with Gasteiger partial charge in [0.25, 0.3) is 11.5 Å². The van der Waals surface area contributed by atoms with Crippen LogP contribution >= 0.6 is 11.6 Å². The van der Waals surface area contributed by atoms with Crippen LogP contribution in [0.1, 0.15) is 46.5 Å². The molecule has 0 unspecified atom stereocenters. The summed E-state index contributed by atoms with van der Waals surface area (Å²) in [4.78, 5) is 36.7. The Bertz CT molecular complexity index is 1090. The number of aromatic amines is 1. The third kappa shape index (κ3) is 4.48. The van der Waals surface area contributed by atoms with E-state index in [0.29, 0.717) is 30.4 Å². The zero-order valence-corrected chi connectivity index (χ0v) is 16.4. The fourth-order valence-electron chi connectivity index (χ4n) is 3.55. The Morgan fingerprint density at radius 2 is 2.24 bits per heavy atom. The molecule has 9 heteroatoms. The topological polar surface area (TPSA) is 118 Å². The summed E-state index contributed by atoms with van der Waals surface area (Å²) < 4.78 is 5.96. The quantitative estimate of drug-likeness (QED) is 0.678. The lowest BCUT2D eigenvalue weighted by Gasteiger charge is -2.31. The van der Waals surface area contributed by atoms with Crippen LogP contribution in [-0.2, 0) is 6.42 Å². The molecule has 1 aliphatic heterocycles. The van der Waals surface area contributed by atoms with Crippen LogP contribution in [0.3, 0.4) is 0 Å². The second-order valence-electron chi connectivity index (χ2n) is 7.08. The van der Waals surface area contributed by atoms with Crippen LogP contribution in [0.15, 0.2) is 45.7 Å². The second kappa shape index (κ2) is 8.08. The van der Waals surface area contributed by atoms with Gasteiger partial charge in [0.2, 0.25) is 5.95 Å². The highest BCUT2D eigenvalue weighted by molar-refractivity contribution is 6.30. The molecule has 0 saturated carbocycles. The molecule has 0 spiro atoms. The summed E-state index contributed by atoms with van der Waals surface area (Å²) in [6.07, 6.45) is 3.99. The molecule has 1 aliphatic rings. The minimum absolute atomic E-state index is 0.0137. The van der Waals surface area contributed by atoms with Crippen molar-refractivity contribution in [3.05, 3.63) is 74.8 Å². The van der Waals surface area contributed by atoms with Crippen LogP contribution in [0.25, 0.3) is 0 Å². The molecule has 2 aromatic heterocycles. The molecular weight excluding hydrogens is 394 g/mol. The summed E-state index contributed by atoms with van der Waals surface area (Å²) in [5, 5.41) is 0.678. The number of halogens is 1. The average molecular weight is 414 g/mol. The summed E-state index contributed by atoms with van der Waals surface area (Å²) in [5.41, 5.74) is 6.18. The van der Waals surface area contributed by atoms with Crippen molar-refractivity contribution in [2.24, 2.45) is 0 Å². The van der Waals surface area contributed by atoms with Crippen molar-refractivity contribution in [3.63, 3.8) is 0 Å². The number of anilines is 1. The summed E-state index contributed by atoms with van der Waals surface area (Å²) >= 11 is 6.04. The van der Waals surface area contributed by atoms with Crippen molar-refractivity contribution in [2.75, 3.05) is 18.8 Å². The van der Waals surface area contributed by atoms with E-state index in [1.165, 1.54) is 0 Å². The molecule has 4 rings (SSSR count). The van der Waals surface area contributed by atoms with E-state index < -0.39 is 5.56 Å². The number of benzene rings is 1. The molecule has 3 heterocycles. The molecular formula is C20H20ClN5O3. The number of carbonyl (C=O) groups is 1. The number of nitrogens with two attached hydrogens (primary N) is 1. The van der Waals surface area contributed by atoms with Crippen molar-refractivity contribution in [1.29, 1.82) is 0 Å². The second-order valence-corrected chi connectivity index (χ2v) is 7.51. The first-order chi connectivity index (χ1) is 14.0. The highest BCUT2D eigenvalue weighted by Crippen LogP contribution is 2.28. The molecule has 1 aromatic carbocycles. The first kappa shape index (κ1) is 19.2. The van der Waals surface area contributed by atoms with E-state index in [2.05, 4.69) is 15.0 Å². The van der Waals surface area contributed by atoms with E-state index in [1.807, 2.05) is 24.3 Å². The Morgan fingerprint density at radius 1 is 1.38 bits per heavy atom. The lowest BCUT2D eigenvalue weighted by Crippen LogP contribution is -2.40. The minimum Gasteiger partial charge on any atom is -0.445 e. The number of amides is 1. The molecule has 8 nitrogen and oxygen atoms in total. The summed E-state index contributed by atoms with van der Waals surface area (Å²) in [6, 6.07) is 8.76. The molecule has 0 aliphatic carbocycles. The lowest BCUT2D eigenvalue weighted by molar-refractivity contribution is 0.0691. The van der Waals surface area contributed by atoms with Gasteiger partial charge in [-0.25, -0.2) is 9.97 Å². The molecule has 150 valence electrons. The molecule has 3 aromatic rings. The number of H-pyrrole nitrogens is 1. The SMILES string of the molecule is Nc1nc(C(=O)N2CCC[C@@H](c3ncc(Cc4cccc(Cl)c4)o3)C2)cc(=O)[nH]1. The summed E-state index contributed by atoms with van der Waals surface area (Å²) in [7, 11) is 0. The molecule has 1 amide bonds. The molecule has 1 atom stereocenters. The Kier molecular flexibility index (Phi) is 5.35. The summed E-state index contributed by atoms with van der Waals surface area (Å²) in [6.45, 7) is 1.03. The van der Waals surface area contributed by atoms with Gasteiger partial charge >= 0.3 is 0 Å². The number of nitrogens with zero attached hydrogens (tertiary/aromatic N) is 3. The number of rotatable bonds is 4. The maximum absolute atomic E-state index is 12.8. The molecule has 3 N–H and O–H groups in total. The van der Waals surface area contributed by atoms with Crippen molar-refractivity contribution >= 4 is 23.5 Å². The normalized spacial score (nSPS) is 16.7. The van der Waals surface area contributed by atoms with Crippen LogP contribution in [0.2, 0.25) is 5.02 Å². The summed E-state index contributed by atoms with van der Waals surface area (Å²) in [5.74, 6) is 0.943. The van der Waals surface area contributed by atoms with Gasteiger partial charge < -0.3 is 15.1 Å². The molecule has 0 radical (unpaired) electrons. The first-order valence-corrected chi connectivity index (χ1v) is 9.71. The fourth-order valence-corrected chi connectivity index (χ4v) is 3.77. The van der Waals surface area contributed by atoms with Gasteiger partial charge in [-0.3, -0.25) is 14.6 Å². The van der Waals surface area contributed by atoms with Gasteiger partial charge in [0.05, 0.1) is 12.1 Å². The monoisotopic (exact) mass is 413 g/mol. The van der Waals surface area contributed by atoms with E-state index in [4.69, 9.17) is 21.8 Å². The largest absolute Gasteiger partial charge is 0.445 e. The van der Waals surface area contributed by atoms with Crippen molar-refractivity contribution in [1.82, 2.24) is 19.9 Å². The first-order valence-electron chi connectivity index (χ1n) is 9.33. The van der Waals surface area contributed by atoms with Gasteiger partial charge in [0.15, 0.2) is 5.89 Å².